The van der Waals surface area contributed by atoms with Gasteiger partial charge in [0.2, 0.25) is 11.7 Å². The van der Waals surface area contributed by atoms with Gasteiger partial charge < -0.3 is 24.1 Å². The van der Waals surface area contributed by atoms with Crippen molar-refractivity contribution in [2.24, 2.45) is 0 Å². The molecule has 1 fully saturated rings. The highest BCUT2D eigenvalue weighted by Gasteiger charge is 2.35. The molecular formula is C30H33ClN6O5. The van der Waals surface area contributed by atoms with Crippen LogP contribution in [0.2, 0.25) is 5.02 Å². The van der Waals surface area contributed by atoms with Crippen LogP contribution < -0.4 is 14.8 Å². The Hall–Kier alpha value is -4.38. The maximum Gasteiger partial charge on any atom is 0.250 e. The second-order valence-electron chi connectivity index (χ2n) is 10.1. The van der Waals surface area contributed by atoms with Crippen LogP contribution >= 0.6 is 11.6 Å². The molecule has 1 aliphatic rings. The number of ether oxygens (including phenoxy) is 2. The number of halogens is 1. The molecule has 12 heteroatoms. The molecule has 0 saturated heterocycles. The lowest BCUT2D eigenvalue weighted by Gasteiger charge is -2.32. The maximum atomic E-state index is 14.0. The van der Waals surface area contributed by atoms with Gasteiger partial charge in [-0.3, -0.25) is 9.59 Å². The Morgan fingerprint density at radius 1 is 1.07 bits per heavy atom. The van der Waals surface area contributed by atoms with E-state index in [0.29, 0.717) is 39.2 Å². The summed E-state index contributed by atoms with van der Waals surface area (Å²) in [5.74, 6) is 1.01. The van der Waals surface area contributed by atoms with Crippen LogP contribution in [-0.2, 0) is 22.7 Å². The average Bonchev–Trinajstić information content (AvgIpc) is 3.71. The first-order valence-electron chi connectivity index (χ1n) is 13.8. The van der Waals surface area contributed by atoms with E-state index in [1.807, 2.05) is 18.2 Å². The molecule has 1 saturated carbocycles. The minimum atomic E-state index is -1.03. The van der Waals surface area contributed by atoms with Gasteiger partial charge in [0.05, 0.1) is 20.5 Å². The molecule has 2 aromatic heterocycles. The van der Waals surface area contributed by atoms with Crippen LogP contribution in [0, 0.1) is 0 Å². The monoisotopic (exact) mass is 592 g/mol. The van der Waals surface area contributed by atoms with Crippen molar-refractivity contribution in [2.45, 2.75) is 57.3 Å². The van der Waals surface area contributed by atoms with Crippen molar-refractivity contribution in [3.05, 3.63) is 77.2 Å². The number of hydrogen-bond donors (Lipinski definition) is 1. The first-order valence-corrected chi connectivity index (χ1v) is 14.2. The van der Waals surface area contributed by atoms with Crippen molar-refractivity contribution in [3.63, 3.8) is 0 Å². The highest BCUT2D eigenvalue weighted by atomic mass is 35.5. The molecule has 1 atom stereocenters. The molecule has 1 N–H and O–H groups in total. The third-order valence-electron chi connectivity index (χ3n) is 7.31. The third-order valence-corrected chi connectivity index (χ3v) is 7.68. The molecule has 2 aromatic carbocycles. The predicted molar refractivity (Wildman–Crippen MR) is 155 cm³/mol. The quantitative estimate of drug-likeness (QED) is 0.263. The van der Waals surface area contributed by atoms with Crippen molar-refractivity contribution < 1.29 is 23.5 Å². The van der Waals surface area contributed by atoms with Crippen LogP contribution in [0.15, 0.2) is 65.3 Å². The highest BCUT2D eigenvalue weighted by molar-refractivity contribution is 6.31. The summed E-state index contributed by atoms with van der Waals surface area (Å²) in [5.41, 5.74) is 1.33. The zero-order valence-corrected chi connectivity index (χ0v) is 24.3. The van der Waals surface area contributed by atoms with E-state index in [2.05, 4.69) is 20.7 Å². The molecule has 0 bridgehead atoms. The second kappa shape index (κ2) is 13.5. The number of rotatable bonds is 11. The number of carbonyl (C=O) groups is 2. The minimum absolute atomic E-state index is 0.0435. The fourth-order valence-corrected chi connectivity index (χ4v) is 5.34. The van der Waals surface area contributed by atoms with Gasteiger partial charge in [-0.2, -0.15) is 4.80 Å². The fourth-order valence-electron chi connectivity index (χ4n) is 5.14. The SMILES string of the molecule is COc1ccc(-c2nnn(CC(=O)N(Cc3ccccc3Cl)[C@H](C(=O)NC3CCCCC3)c3ccco3)n2)cc1OC. The fraction of sp³-hybridized carbons (Fsp3) is 0.367. The molecule has 5 rings (SSSR count). The molecule has 0 unspecified atom stereocenters. The van der Waals surface area contributed by atoms with E-state index in [1.165, 1.54) is 23.1 Å². The smallest absolute Gasteiger partial charge is 0.250 e. The summed E-state index contributed by atoms with van der Waals surface area (Å²) in [6, 6.07) is 14.9. The van der Waals surface area contributed by atoms with Crippen LogP contribution in [0.3, 0.4) is 0 Å². The number of carbonyl (C=O) groups excluding carboxylic acids is 2. The first-order chi connectivity index (χ1) is 20.5. The van der Waals surface area contributed by atoms with Crippen molar-refractivity contribution in [3.8, 4) is 22.9 Å². The summed E-state index contributed by atoms with van der Waals surface area (Å²) in [5, 5.41) is 16.3. The molecule has 0 aliphatic heterocycles. The van der Waals surface area contributed by atoms with E-state index in [4.69, 9.17) is 25.5 Å². The largest absolute Gasteiger partial charge is 0.493 e. The van der Waals surface area contributed by atoms with Gasteiger partial charge in [0.25, 0.3) is 5.91 Å². The topological polar surface area (TPSA) is 125 Å². The summed E-state index contributed by atoms with van der Waals surface area (Å²) >= 11 is 6.49. The lowest BCUT2D eigenvalue weighted by Crippen LogP contribution is -2.47. The number of amides is 2. The van der Waals surface area contributed by atoms with Gasteiger partial charge in [0, 0.05) is 23.2 Å². The number of aromatic nitrogens is 4. The molecule has 0 spiro atoms. The summed E-state index contributed by atoms with van der Waals surface area (Å²) in [7, 11) is 3.09. The summed E-state index contributed by atoms with van der Waals surface area (Å²) in [6.45, 7) is -0.197. The standard InChI is InChI=1S/C30H33ClN6O5/c1-40-24-15-14-20(17-26(24)41-2)29-33-35-37(34-29)19-27(38)36(18-21-9-6-7-12-23(21)31)28(25-13-8-16-42-25)30(39)32-22-10-4-3-5-11-22/h6-9,12-17,22,28H,3-5,10-11,18-19H2,1-2H3,(H,32,39)/t28-/m0/s1. The Morgan fingerprint density at radius 3 is 2.57 bits per heavy atom. The lowest BCUT2D eigenvalue weighted by molar-refractivity contribution is -0.143. The second-order valence-corrected chi connectivity index (χ2v) is 10.5. The number of nitrogens with one attached hydrogen (secondary N) is 1. The lowest BCUT2D eigenvalue weighted by atomic mass is 9.95. The van der Waals surface area contributed by atoms with Gasteiger partial charge >= 0.3 is 0 Å². The van der Waals surface area contributed by atoms with E-state index >= 15 is 0 Å². The molecule has 2 heterocycles. The molecule has 4 aromatic rings. The van der Waals surface area contributed by atoms with Crippen molar-refractivity contribution >= 4 is 23.4 Å². The van der Waals surface area contributed by atoms with Crippen LogP contribution in [-0.4, -0.2) is 57.2 Å². The zero-order valence-electron chi connectivity index (χ0n) is 23.5. The van der Waals surface area contributed by atoms with Gasteiger partial charge in [-0.1, -0.05) is 49.1 Å². The Morgan fingerprint density at radius 2 is 1.86 bits per heavy atom. The average molecular weight is 593 g/mol. The third kappa shape index (κ3) is 6.73. The van der Waals surface area contributed by atoms with Crippen molar-refractivity contribution in [2.75, 3.05) is 14.2 Å². The first kappa shape index (κ1) is 29.1. The number of tetrazole rings is 1. The summed E-state index contributed by atoms with van der Waals surface area (Å²) in [4.78, 5) is 30.5. The van der Waals surface area contributed by atoms with Gasteiger partial charge in [-0.05, 0) is 60.0 Å². The summed E-state index contributed by atoms with van der Waals surface area (Å²) in [6.07, 6.45) is 6.55. The number of nitrogens with zero attached hydrogens (tertiary/aromatic N) is 5. The van der Waals surface area contributed by atoms with Gasteiger partial charge in [0.1, 0.15) is 12.3 Å². The molecule has 2 amide bonds. The molecular weight excluding hydrogens is 560 g/mol. The molecule has 1 aliphatic carbocycles. The predicted octanol–water partition coefficient (Wildman–Crippen LogP) is 4.82. The molecule has 42 heavy (non-hydrogen) atoms. The Kier molecular flexibility index (Phi) is 9.38. The highest BCUT2D eigenvalue weighted by Crippen LogP contribution is 2.31. The molecule has 0 radical (unpaired) electrons. The van der Waals surface area contributed by atoms with Crippen LogP contribution in [0.5, 0.6) is 11.5 Å². The van der Waals surface area contributed by atoms with E-state index in [1.54, 1.807) is 43.5 Å². The Balaban J connectivity index is 1.43. The minimum Gasteiger partial charge on any atom is -0.493 e. The van der Waals surface area contributed by atoms with Crippen molar-refractivity contribution in [1.29, 1.82) is 0 Å². The molecule has 11 nitrogen and oxygen atoms in total. The maximum absolute atomic E-state index is 14.0. The van der Waals surface area contributed by atoms with Gasteiger partial charge in [-0.15, -0.1) is 10.2 Å². The normalized spacial score (nSPS) is 14.3. The van der Waals surface area contributed by atoms with Gasteiger partial charge in [0.15, 0.2) is 17.5 Å². The number of furan rings is 1. The summed E-state index contributed by atoms with van der Waals surface area (Å²) < 4.78 is 16.4. The van der Waals surface area contributed by atoms with Crippen molar-refractivity contribution in [1.82, 2.24) is 30.4 Å². The molecule has 220 valence electrons. The van der Waals surface area contributed by atoms with E-state index in [9.17, 15) is 9.59 Å². The van der Waals surface area contributed by atoms with Gasteiger partial charge in [-0.25, -0.2) is 0 Å². The number of methoxy groups -OCH3 is 2. The van der Waals surface area contributed by atoms with Crippen LogP contribution in [0.25, 0.3) is 11.4 Å². The zero-order chi connectivity index (χ0) is 29.5. The van der Waals surface area contributed by atoms with E-state index in [0.717, 1.165) is 32.1 Å². The number of hydrogen-bond acceptors (Lipinski definition) is 8. The Bertz CT molecular complexity index is 1500. The Labute approximate surface area is 248 Å². The van der Waals surface area contributed by atoms with Crippen LogP contribution in [0.4, 0.5) is 0 Å². The number of benzene rings is 2. The van der Waals surface area contributed by atoms with E-state index < -0.39 is 11.9 Å². The van der Waals surface area contributed by atoms with E-state index in [-0.39, 0.29) is 25.0 Å². The van der Waals surface area contributed by atoms with Crippen LogP contribution in [0.1, 0.15) is 49.5 Å².